The first-order chi connectivity index (χ1) is 16.3. The van der Waals surface area contributed by atoms with Crippen LogP contribution in [0.1, 0.15) is 12.8 Å². The predicted molar refractivity (Wildman–Crippen MR) is 123 cm³/mol. The summed E-state index contributed by atoms with van der Waals surface area (Å²) in [6.45, 7) is 0.191. The summed E-state index contributed by atoms with van der Waals surface area (Å²) in [5.74, 6) is -0.285. The lowest BCUT2D eigenvalue weighted by Gasteiger charge is -2.19. The summed E-state index contributed by atoms with van der Waals surface area (Å²) in [5.41, 5.74) is 2.97. The largest absolute Gasteiger partial charge is 0.491 e. The van der Waals surface area contributed by atoms with Crippen molar-refractivity contribution in [3.63, 3.8) is 0 Å². The van der Waals surface area contributed by atoms with E-state index < -0.39 is 18.2 Å². The molecule has 0 heterocycles. The van der Waals surface area contributed by atoms with Gasteiger partial charge in [-0.15, -0.1) is 0 Å². The Morgan fingerprint density at radius 3 is 1.79 bits per heavy atom. The lowest BCUT2D eigenvalue weighted by molar-refractivity contribution is 0.177. The Bertz CT molecular complexity index is 1060. The topological polar surface area (TPSA) is 108 Å². The minimum Gasteiger partial charge on any atom is -0.491 e. The van der Waals surface area contributed by atoms with Crippen LogP contribution in [0.5, 0.6) is 5.75 Å². The molecule has 3 rings (SSSR count). The van der Waals surface area contributed by atoms with Gasteiger partial charge in [0, 0.05) is 6.54 Å². The number of amides is 2. The molecule has 0 saturated heterocycles. The van der Waals surface area contributed by atoms with Gasteiger partial charge in [-0.1, -0.05) is 24.3 Å². The van der Waals surface area contributed by atoms with Crippen LogP contribution in [0.4, 0.5) is 18.4 Å². The van der Waals surface area contributed by atoms with E-state index in [2.05, 4.69) is 10.6 Å². The summed E-state index contributed by atoms with van der Waals surface area (Å²) < 4.78 is 32.7. The molecule has 0 aliphatic heterocycles. The molecule has 0 fully saturated rings. The Balaban J connectivity index is 1.83. The molecular weight excluding hydrogens is 446 g/mol. The van der Waals surface area contributed by atoms with E-state index in [9.17, 15) is 18.4 Å². The number of hydrogen-bond acceptors (Lipinski definition) is 3. The predicted octanol–water partition coefficient (Wildman–Crippen LogP) is 5.36. The van der Waals surface area contributed by atoms with Gasteiger partial charge in [0.25, 0.3) is 0 Å². The molecule has 0 aromatic heterocycles. The molecule has 9 heteroatoms. The normalized spacial score (nSPS) is 11.5. The molecule has 4 N–H and O–H groups in total. The fourth-order valence-electron chi connectivity index (χ4n) is 3.41. The first-order valence-corrected chi connectivity index (χ1v) is 10.6. The Labute approximate surface area is 195 Å². The van der Waals surface area contributed by atoms with Gasteiger partial charge in [-0.05, 0) is 77.6 Å². The summed E-state index contributed by atoms with van der Waals surface area (Å²) in [7, 11) is 0. The third-order valence-electron chi connectivity index (χ3n) is 5.05. The van der Waals surface area contributed by atoms with Crippen LogP contribution in [0, 0.1) is 11.6 Å². The summed E-state index contributed by atoms with van der Waals surface area (Å²) >= 11 is 0. The van der Waals surface area contributed by atoms with Gasteiger partial charge < -0.3 is 25.6 Å². The second-order valence-electron chi connectivity index (χ2n) is 7.59. The maximum Gasteiger partial charge on any atom is 0.404 e. The second kappa shape index (κ2) is 11.6. The molecule has 3 aromatic rings. The van der Waals surface area contributed by atoms with Gasteiger partial charge in [-0.2, -0.15) is 0 Å². The molecular formula is C25H24F2N2O5. The lowest BCUT2D eigenvalue weighted by Crippen LogP contribution is -2.38. The van der Waals surface area contributed by atoms with Gasteiger partial charge in [0.1, 0.15) is 24.0 Å². The van der Waals surface area contributed by atoms with Crippen molar-refractivity contribution in [2.75, 3.05) is 13.2 Å². The molecule has 0 saturated carbocycles. The van der Waals surface area contributed by atoms with Crippen LogP contribution in [0.25, 0.3) is 22.3 Å². The van der Waals surface area contributed by atoms with Crippen LogP contribution >= 0.6 is 0 Å². The van der Waals surface area contributed by atoms with E-state index in [-0.39, 0.29) is 24.8 Å². The van der Waals surface area contributed by atoms with Crippen LogP contribution in [0.3, 0.4) is 0 Å². The molecule has 7 nitrogen and oxygen atoms in total. The first-order valence-electron chi connectivity index (χ1n) is 10.6. The van der Waals surface area contributed by atoms with E-state index in [1.807, 2.05) is 6.07 Å². The molecule has 0 unspecified atom stereocenters. The molecule has 3 aromatic carbocycles. The van der Waals surface area contributed by atoms with Crippen molar-refractivity contribution >= 4 is 12.2 Å². The number of carboxylic acid groups (broad SMARTS) is 2. The highest BCUT2D eigenvalue weighted by Crippen LogP contribution is 2.32. The Morgan fingerprint density at radius 1 is 0.794 bits per heavy atom. The zero-order valence-corrected chi connectivity index (χ0v) is 18.1. The third kappa shape index (κ3) is 7.47. The second-order valence-corrected chi connectivity index (χ2v) is 7.59. The van der Waals surface area contributed by atoms with Crippen molar-refractivity contribution in [3.05, 3.63) is 78.4 Å². The van der Waals surface area contributed by atoms with Crippen LogP contribution in [0.15, 0.2) is 66.7 Å². The molecule has 178 valence electrons. The van der Waals surface area contributed by atoms with E-state index >= 15 is 0 Å². The van der Waals surface area contributed by atoms with Crippen molar-refractivity contribution < 1.29 is 33.3 Å². The number of halogens is 2. The smallest absolute Gasteiger partial charge is 0.404 e. The monoisotopic (exact) mass is 470 g/mol. The van der Waals surface area contributed by atoms with Crippen molar-refractivity contribution in [2.45, 2.75) is 18.9 Å². The van der Waals surface area contributed by atoms with Crippen molar-refractivity contribution in [1.29, 1.82) is 0 Å². The minimum atomic E-state index is -1.22. The summed E-state index contributed by atoms with van der Waals surface area (Å²) in [5, 5.41) is 22.4. The summed E-state index contributed by atoms with van der Waals surface area (Å²) in [6.07, 6.45) is -1.59. The minimum absolute atomic E-state index is 0.00903. The van der Waals surface area contributed by atoms with Gasteiger partial charge in [-0.3, -0.25) is 0 Å². The molecule has 1 atom stereocenters. The highest BCUT2D eigenvalue weighted by Gasteiger charge is 2.14. The molecule has 0 radical (unpaired) electrons. The van der Waals surface area contributed by atoms with E-state index in [0.717, 1.165) is 22.3 Å². The molecule has 0 aliphatic rings. The molecule has 2 amide bonds. The van der Waals surface area contributed by atoms with Crippen LogP contribution in [-0.2, 0) is 0 Å². The maximum atomic E-state index is 13.4. The molecule has 0 bridgehead atoms. The van der Waals surface area contributed by atoms with Crippen LogP contribution < -0.4 is 15.4 Å². The SMILES string of the molecule is O=C(O)NCCC[C@H](COc1cc(-c2ccc(F)cc2)cc(-c2ccc(F)cc2)c1)NC(=O)O. The van der Waals surface area contributed by atoms with E-state index in [1.54, 1.807) is 36.4 Å². The number of carbonyl (C=O) groups is 2. The van der Waals surface area contributed by atoms with E-state index in [1.165, 1.54) is 24.3 Å². The highest BCUT2D eigenvalue weighted by atomic mass is 19.1. The maximum absolute atomic E-state index is 13.4. The van der Waals surface area contributed by atoms with Crippen LogP contribution in [0.2, 0.25) is 0 Å². The number of rotatable bonds is 10. The third-order valence-corrected chi connectivity index (χ3v) is 5.05. The quantitative estimate of drug-likeness (QED) is 0.298. The van der Waals surface area contributed by atoms with Gasteiger partial charge in [-0.25, -0.2) is 18.4 Å². The Morgan fingerprint density at radius 2 is 1.32 bits per heavy atom. The van der Waals surface area contributed by atoms with Gasteiger partial charge in [0.2, 0.25) is 0 Å². The Hall–Kier alpha value is -4.14. The average molecular weight is 470 g/mol. The standard InChI is InChI=1S/C25H24F2N2O5/c26-20-7-3-16(4-8-20)18-12-19(17-5-9-21(27)10-6-17)14-23(13-18)34-15-22(29-25(32)33)2-1-11-28-24(30)31/h3-10,12-14,22,28-29H,1-2,11,15H2,(H,30,31)(H,32,33)/t22-/m1/s1. The first kappa shape index (κ1) is 24.5. The Kier molecular flexibility index (Phi) is 8.39. The van der Waals surface area contributed by atoms with Gasteiger partial charge >= 0.3 is 12.2 Å². The van der Waals surface area contributed by atoms with Gasteiger partial charge in [0.15, 0.2) is 0 Å². The van der Waals surface area contributed by atoms with Crippen molar-refractivity contribution in [2.24, 2.45) is 0 Å². The molecule has 0 aliphatic carbocycles. The molecule has 34 heavy (non-hydrogen) atoms. The summed E-state index contributed by atoms with van der Waals surface area (Å²) in [6, 6.07) is 16.7. The number of hydrogen-bond donors (Lipinski definition) is 4. The van der Waals surface area contributed by atoms with Crippen LogP contribution in [-0.4, -0.2) is 41.6 Å². The van der Waals surface area contributed by atoms with Crippen molar-refractivity contribution in [3.8, 4) is 28.0 Å². The van der Waals surface area contributed by atoms with Gasteiger partial charge in [0.05, 0.1) is 6.04 Å². The number of nitrogens with one attached hydrogen (secondary N) is 2. The fraction of sp³-hybridized carbons (Fsp3) is 0.200. The number of ether oxygens (including phenoxy) is 1. The lowest BCUT2D eigenvalue weighted by atomic mass is 9.98. The highest BCUT2D eigenvalue weighted by molar-refractivity contribution is 5.75. The fourth-order valence-corrected chi connectivity index (χ4v) is 3.41. The van der Waals surface area contributed by atoms with E-state index in [0.29, 0.717) is 18.6 Å². The van der Waals surface area contributed by atoms with E-state index in [4.69, 9.17) is 14.9 Å². The average Bonchev–Trinajstić information content (AvgIpc) is 2.80. The zero-order valence-electron chi connectivity index (χ0n) is 18.1. The summed E-state index contributed by atoms with van der Waals surface area (Å²) in [4.78, 5) is 21.7. The zero-order chi connectivity index (χ0) is 24.5. The molecule has 0 spiro atoms. The van der Waals surface area contributed by atoms with Crippen molar-refractivity contribution in [1.82, 2.24) is 10.6 Å². The number of benzene rings is 3.